The number of carbonyl (C=O) groups is 2. The van der Waals surface area contributed by atoms with Crippen molar-refractivity contribution in [2.45, 2.75) is 45.6 Å². The van der Waals surface area contributed by atoms with E-state index < -0.39 is 5.97 Å². The Morgan fingerprint density at radius 3 is 2.24 bits per heavy atom. The molecule has 0 aromatic heterocycles. The Morgan fingerprint density at radius 2 is 1.76 bits per heavy atom. The van der Waals surface area contributed by atoms with Crippen LogP contribution in [0.5, 0.6) is 0 Å². The lowest BCUT2D eigenvalue weighted by atomic mass is 9.97. The van der Waals surface area contributed by atoms with E-state index in [1.165, 1.54) is 0 Å². The average Bonchev–Trinajstić information content (AvgIpc) is 2.38. The number of carbonyl (C=O) groups excluding carboxylic acids is 1. The number of carboxylic acid groups (broad SMARTS) is 1. The monoisotopic (exact) mass is 355 g/mol. The van der Waals surface area contributed by atoms with Crippen LogP contribution < -0.4 is 0 Å². The Hall–Kier alpha value is -1.36. The van der Waals surface area contributed by atoms with Gasteiger partial charge in [0.2, 0.25) is 5.91 Å². The van der Waals surface area contributed by atoms with Crippen LogP contribution in [0, 0.1) is 0 Å². The molecule has 0 aliphatic rings. The van der Waals surface area contributed by atoms with Crippen LogP contribution in [0.3, 0.4) is 0 Å². The van der Waals surface area contributed by atoms with Crippen molar-refractivity contribution in [1.29, 1.82) is 0 Å². The number of hydrogen-bond acceptors (Lipinski definition) is 2. The van der Waals surface area contributed by atoms with Crippen LogP contribution in [0.2, 0.25) is 0 Å². The molecule has 0 heterocycles. The van der Waals surface area contributed by atoms with Crippen molar-refractivity contribution < 1.29 is 14.7 Å². The second-order valence-corrected chi connectivity index (χ2v) is 6.40. The third-order valence-corrected chi connectivity index (χ3v) is 3.96. The first-order valence-corrected chi connectivity index (χ1v) is 7.87. The first kappa shape index (κ1) is 17.7. The van der Waals surface area contributed by atoms with Crippen molar-refractivity contribution in [3.63, 3.8) is 0 Å². The Bertz CT molecular complexity index is 485. The third kappa shape index (κ3) is 5.87. The van der Waals surface area contributed by atoms with Gasteiger partial charge in [0.1, 0.15) is 0 Å². The Labute approximate surface area is 134 Å². The number of rotatable bonds is 7. The van der Waals surface area contributed by atoms with Gasteiger partial charge in [-0.15, -0.1) is 0 Å². The van der Waals surface area contributed by atoms with Gasteiger partial charge in [-0.2, -0.15) is 0 Å². The number of hydrogen-bond donors (Lipinski definition) is 1. The molecule has 0 radical (unpaired) electrons. The van der Waals surface area contributed by atoms with Gasteiger partial charge < -0.3 is 10.0 Å². The van der Waals surface area contributed by atoms with E-state index in [0.29, 0.717) is 6.42 Å². The number of benzene rings is 1. The number of halogens is 1. The summed E-state index contributed by atoms with van der Waals surface area (Å²) in [6.45, 7) is 6.09. The first-order valence-electron chi connectivity index (χ1n) is 7.08. The molecule has 4 nitrogen and oxygen atoms in total. The lowest BCUT2D eigenvalue weighted by Gasteiger charge is -2.27. The molecule has 1 N–H and O–H groups in total. The summed E-state index contributed by atoms with van der Waals surface area (Å²) in [5.74, 6) is -0.771. The van der Waals surface area contributed by atoms with Crippen LogP contribution in [0.15, 0.2) is 28.7 Å². The molecule has 1 amide bonds. The molecule has 1 unspecified atom stereocenters. The van der Waals surface area contributed by atoms with E-state index in [1.54, 1.807) is 4.90 Å². The van der Waals surface area contributed by atoms with Crippen LogP contribution in [0.25, 0.3) is 0 Å². The van der Waals surface area contributed by atoms with Gasteiger partial charge >= 0.3 is 5.97 Å². The van der Waals surface area contributed by atoms with Gasteiger partial charge in [-0.05, 0) is 37.5 Å². The van der Waals surface area contributed by atoms with Crippen molar-refractivity contribution in [1.82, 2.24) is 4.90 Å². The highest BCUT2D eigenvalue weighted by atomic mass is 79.9. The van der Waals surface area contributed by atoms with E-state index in [0.717, 1.165) is 10.0 Å². The predicted molar refractivity (Wildman–Crippen MR) is 86.3 cm³/mol. The molecule has 0 aliphatic heterocycles. The number of aliphatic carboxylic acids is 1. The van der Waals surface area contributed by atoms with Crippen LogP contribution in [0.4, 0.5) is 0 Å². The summed E-state index contributed by atoms with van der Waals surface area (Å²) >= 11 is 3.39. The molecule has 1 atom stereocenters. The van der Waals surface area contributed by atoms with Gasteiger partial charge in [0.15, 0.2) is 0 Å². The summed E-state index contributed by atoms with van der Waals surface area (Å²) in [5, 5.41) is 8.77. The van der Waals surface area contributed by atoms with E-state index in [1.807, 2.05) is 45.0 Å². The lowest BCUT2D eigenvalue weighted by molar-refractivity contribution is -0.139. The molecular weight excluding hydrogens is 334 g/mol. The quantitative estimate of drug-likeness (QED) is 0.811. The minimum atomic E-state index is -0.880. The van der Waals surface area contributed by atoms with Crippen LogP contribution >= 0.6 is 15.9 Å². The minimum Gasteiger partial charge on any atom is -0.481 e. The summed E-state index contributed by atoms with van der Waals surface area (Å²) in [4.78, 5) is 24.7. The van der Waals surface area contributed by atoms with Crippen molar-refractivity contribution in [3.05, 3.63) is 34.3 Å². The van der Waals surface area contributed by atoms with Gasteiger partial charge in [0.05, 0.1) is 6.42 Å². The van der Waals surface area contributed by atoms with Crippen molar-refractivity contribution in [2.24, 2.45) is 0 Å². The summed E-state index contributed by atoms with van der Waals surface area (Å²) in [6, 6.07) is 7.92. The third-order valence-electron chi connectivity index (χ3n) is 3.43. The highest BCUT2D eigenvalue weighted by Crippen LogP contribution is 2.22. The van der Waals surface area contributed by atoms with Gasteiger partial charge in [-0.3, -0.25) is 9.59 Å². The molecule has 21 heavy (non-hydrogen) atoms. The molecule has 1 rings (SSSR count). The van der Waals surface area contributed by atoms with E-state index in [9.17, 15) is 9.59 Å². The second-order valence-electron chi connectivity index (χ2n) is 5.48. The highest BCUT2D eigenvalue weighted by Gasteiger charge is 2.20. The number of carboxylic acids is 1. The zero-order valence-corrected chi connectivity index (χ0v) is 14.3. The maximum absolute atomic E-state index is 12.4. The molecule has 0 bridgehead atoms. The molecule has 0 fully saturated rings. The van der Waals surface area contributed by atoms with E-state index >= 15 is 0 Å². The largest absolute Gasteiger partial charge is 0.481 e. The maximum Gasteiger partial charge on any atom is 0.305 e. The Balaban J connectivity index is 2.67. The molecule has 0 spiro atoms. The molecule has 0 aliphatic carbocycles. The summed E-state index contributed by atoms with van der Waals surface area (Å²) in [5.41, 5.74) is 1.11. The maximum atomic E-state index is 12.4. The predicted octanol–water partition coefficient (Wildman–Crippen LogP) is 3.65. The van der Waals surface area contributed by atoms with Crippen molar-refractivity contribution >= 4 is 27.8 Å². The fraction of sp³-hybridized carbons (Fsp3) is 0.500. The van der Waals surface area contributed by atoms with Crippen molar-refractivity contribution in [3.8, 4) is 0 Å². The zero-order chi connectivity index (χ0) is 16.0. The topological polar surface area (TPSA) is 57.6 Å². The normalized spacial score (nSPS) is 12.2. The molecule has 1 aromatic rings. The molecule has 0 saturated carbocycles. The molecule has 5 heteroatoms. The summed E-state index contributed by atoms with van der Waals surface area (Å²) in [6.07, 6.45) is 0.371. The summed E-state index contributed by atoms with van der Waals surface area (Å²) in [7, 11) is 0. The summed E-state index contributed by atoms with van der Waals surface area (Å²) < 4.78 is 1.01. The van der Waals surface area contributed by atoms with Crippen LogP contribution in [0.1, 0.15) is 45.1 Å². The van der Waals surface area contributed by atoms with E-state index in [2.05, 4.69) is 15.9 Å². The Kier molecular flexibility index (Phi) is 6.89. The SMILES string of the molecule is CC(CC(=O)N(CCC(=O)O)C(C)C)c1ccc(Br)cc1. The fourth-order valence-electron chi connectivity index (χ4n) is 2.18. The number of nitrogens with zero attached hydrogens (tertiary/aromatic N) is 1. The van der Waals surface area contributed by atoms with Gasteiger partial charge in [0, 0.05) is 23.5 Å². The van der Waals surface area contributed by atoms with Crippen LogP contribution in [-0.4, -0.2) is 34.5 Å². The highest BCUT2D eigenvalue weighted by molar-refractivity contribution is 9.10. The molecule has 0 saturated heterocycles. The zero-order valence-electron chi connectivity index (χ0n) is 12.7. The van der Waals surface area contributed by atoms with E-state index in [4.69, 9.17) is 5.11 Å². The van der Waals surface area contributed by atoms with Gasteiger partial charge in [-0.1, -0.05) is 35.0 Å². The minimum absolute atomic E-state index is 0.00155. The molecule has 1 aromatic carbocycles. The van der Waals surface area contributed by atoms with Gasteiger partial charge in [-0.25, -0.2) is 0 Å². The Morgan fingerprint density at radius 1 is 1.19 bits per heavy atom. The van der Waals surface area contributed by atoms with Crippen LogP contribution in [-0.2, 0) is 9.59 Å². The first-order chi connectivity index (χ1) is 9.81. The van der Waals surface area contributed by atoms with Crippen molar-refractivity contribution in [2.75, 3.05) is 6.54 Å². The number of amides is 1. The fourth-order valence-corrected chi connectivity index (χ4v) is 2.44. The standard InChI is InChI=1S/C16H22BrNO3/c1-11(2)18(9-8-16(20)21)15(19)10-12(3)13-4-6-14(17)7-5-13/h4-7,11-12H,8-10H2,1-3H3,(H,20,21). The average molecular weight is 356 g/mol. The molecule has 116 valence electrons. The smallest absolute Gasteiger partial charge is 0.305 e. The van der Waals surface area contributed by atoms with Gasteiger partial charge in [0.25, 0.3) is 0 Å². The lowest BCUT2D eigenvalue weighted by Crippen LogP contribution is -2.39. The van der Waals surface area contributed by atoms with E-state index in [-0.39, 0.29) is 30.8 Å². The molecular formula is C16H22BrNO3. The second kappa shape index (κ2) is 8.17.